The minimum atomic E-state index is 0.965. The second-order valence-corrected chi connectivity index (χ2v) is 6.30. The maximum absolute atomic E-state index is 6.26. The zero-order valence-electron chi connectivity index (χ0n) is 14.2. The van der Waals surface area contributed by atoms with Crippen molar-refractivity contribution in [1.82, 2.24) is 0 Å². The van der Waals surface area contributed by atoms with Gasteiger partial charge in [-0.15, -0.1) is 0 Å². The van der Waals surface area contributed by atoms with Crippen LogP contribution in [0.3, 0.4) is 0 Å². The summed E-state index contributed by atoms with van der Waals surface area (Å²) in [7, 11) is 0. The zero-order valence-corrected chi connectivity index (χ0v) is 14.2. The van der Waals surface area contributed by atoms with Crippen LogP contribution in [0.15, 0.2) is 59.0 Å². The average Bonchev–Trinajstić information content (AvgIpc) is 2.98. The molecule has 0 aliphatic heterocycles. The molecule has 3 aromatic rings. The molecule has 0 unspecified atom stereocenters. The second kappa shape index (κ2) is 6.87. The van der Waals surface area contributed by atoms with E-state index in [4.69, 9.17) is 4.42 Å². The Hall–Kier alpha value is -2.28. The van der Waals surface area contributed by atoms with E-state index in [2.05, 4.69) is 75.4 Å². The molecule has 1 nitrogen and oxygen atoms in total. The zero-order chi connectivity index (χ0) is 16.2. The molecule has 0 fully saturated rings. The van der Waals surface area contributed by atoms with Gasteiger partial charge in [0.25, 0.3) is 0 Å². The number of hydrogen-bond donors (Lipinski definition) is 0. The predicted molar refractivity (Wildman–Crippen MR) is 97.7 cm³/mol. The SMILES string of the molecule is CCCCc1cc(-c2ccc(C)cc2)oc1-c1ccc(C)cc1. The standard InChI is InChI=1S/C22H24O/c1-4-5-6-20-15-21(18-11-7-16(2)8-12-18)23-22(20)19-13-9-17(3)10-14-19/h7-15H,4-6H2,1-3H3. The van der Waals surface area contributed by atoms with Gasteiger partial charge < -0.3 is 4.42 Å². The minimum Gasteiger partial charge on any atom is -0.456 e. The van der Waals surface area contributed by atoms with Crippen LogP contribution in [0.2, 0.25) is 0 Å². The number of rotatable bonds is 5. The third kappa shape index (κ3) is 3.56. The van der Waals surface area contributed by atoms with Crippen LogP contribution in [0.1, 0.15) is 36.5 Å². The topological polar surface area (TPSA) is 13.1 Å². The maximum atomic E-state index is 6.26. The van der Waals surface area contributed by atoms with Crippen molar-refractivity contribution in [3.05, 3.63) is 71.3 Å². The lowest BCUT2D eigenvalue weighted by Crippen LogP contribution is -1.85. The van der Waals surface area contributed by atoms with Gasteiger partial charge in [0.15, 0.2) is 0 Å². The second-order valence-electron chi connectivity index (χ2n) is 6.30. The lowest BCUT2D eigenvalue weighted by Gasteiger charge is -2.03. The van der Waals surface area contributed by atoms with Gasteiger partial charge in [0, 0.05) is 11.1 Å². The van der Waals surface area contributed by atoms with E-state index in [1.54, 1.807) is 0 Å². The van der Waals surface area contributed by atoms with Gasteiger partial charge >= 0.3 is 0 Å². The van der Waals surface area contributed by atoms with Gasteiger partial charge in [-0.1, -0.05) is 73.0 Å². The summed E-state index contributed by atoms with van der Waals surface area (Å²) in [5.41, 5.74) is 6.16. The van der Waals surface area contributed by atoms with Gasteiger partial charge in [0.2, 0.25) is 0 Å². The highest BCUT2D eigenvalue weighted by atomic mass is 16.3. The van der Waals surface area contributed by atoms with Crippen molar-refractivity contribution in [2.75, 3.05) is 0 Å². The first-order valence-electron chi connectivity index (χ1n) is 8.44. The summed E-state index contributed by atoms with van der Waals surface area (Å²) < 4.78 is 6.26. The van der Waals surface area contributed by atoms with Crippen LogP contribution in [0.25, 0.3) is 22.6 Å². The number of benzene rings is 2. The molecule has 0 saturated heterocycles. The molecule has 0 N–H and O–H groups in total. The Morgan fingerprint density at radius 3 is 1.91 bits per heavy atom. The fourth-order valence-electron chi connectivity index (χ4n) is 2.79. The Balaban J connectivity index is 2.02. The smallest absolute Gasteiger partial charge is 0.137 e. The fourth-order valence-corrected chi connectivity index (χ4v) is 2.79. The largest absolute Gasteiger partial charge is 0.456 e. The third-order valence-electron chi connectivity index (χ3n) is 4.26. The van der Waals surface area contributed by atoms with Crippen molar-refractivity contribution in [2.24, 2.45) is 0 Å². The minimum absolute atomic E-state index is 0.965. The van der Waals surface area contributed by atoms with Crippen LogP contribution in [0.5, 0.6) is 0 Å². The summed E-state index contributed by atoms with van der Waals surface area (Å²) in [5, 5.41) is 0. The highest BCUT2D eigenvalue weighted by Gasteiger charge is 2.14. The molecule has 0 atom stereocenters. The molecule has 23 heavy (non-hydrogen) atoms. The van der Waals surface area contributed by atoms with Crippen LogP contribution in [0, 0.1) is 13.8 Å². The first-order chi connectivity index (χ1) is 11.2. The highest BCUT2D eigenvalue weighted by Crippen LogP contribution is 2.33. The molecular weight excluding hydrogens is 280 g/mol. The molecule has 118 valence electrons. The number of unbranched alkanes of at least 4 members (excludes halogenated alkanes) is 1. The summed E-state index contributed by atoms with van der Waals surface area (Å²) in [4.78, 5) is 0. The van der Waals surface area contributed by atoms with Gasteiger partial charge in [-0.3, -0.25) is 0 Å². The van der Waals surface area contributed by atoms with Gasteiger partial charge in [0.1, 0.15) is 11.5 Å². The quantitative estimate of drug-likeness (QED) is 0.519. The van der Waals surface area contributed by atoms with E-state index < -0.39 is 0 Å². The molecule has 0 aliphatic carbocycles. The van der Waals surface area contributed by atoms with E-state index in [9.17, 15) is 0 Å². The van der Waals surface area contributed by atoms with Crippen LogP contribution in [-0.4, -0.2) is 0 Å². The lowest BCUT2D eigenvalue weighted by atomic mass is 10.0. The van der Waals surface area contributed by atoms with Crippen molar-refractivity contribution in [1.29, 1.82) is 0 Å². The van der Waals surface area contributed by atoms with E-state index in [0.717, 1.165) is 23.5 Å². The van der Waals surface area contributed by atoms with E-state index in [-0.39, 0.29) is 0 Å². The number of hydrogen-bond acceptors (Lipinski definition) is 1. The molecule has 0 aliphatic rings. The first kappa shape index (κ1) is 15.6. The highest BCUT2D eigenvalue weighted by molar-refractivity contribution is 5.68. The van der Waals surface area contributed by atoms with Gasteiger partial charge in [0.05, 0.1) is 0 Å². The van der Waals surface area contributed by atoms with E-state index in [1.165, 1.54) is 35.1 Å². The van der Waals surface area contributed by atoms with Crippen LogP contribution in [-0.2, 0) is 6.42 Å². The summed E-state index contributed by atoms with van der Waals surface area (Å²) in [6, 6.07) is 19.4. The molecule has 0 radical (unpaired) electrons. The molecule has 2 aromatic carbocycles. The molecule has 0 spiro atoms. The van der Waals surface area contributed by atoms with Crippen molar-refractivity contribution in [2.45, 2.75) is 40.0 Å². The van der Waals surface area contributed by atoms with Crippen molar-refractivity contribution in [3.8, 4) is 22.6 Å². The summed E-state index contributed by atoms with van der Waals surface area (Å²) in [5.74, 6) is 1.99. The maximum Gasteiger partial charge on any atom is 0.137 e. The molecule has 3 rings (SSSR count). The molecule has 1 heterocycles. The Labute approximate surface area is 139 Å². The number of aryl methyl sites for hydroxylation is 3. The molecule has 0 bridgehead atoms. The molecule has 0 amide bonds. The normalized spacial score (nSPS) is 10.9. The lowest BCUT2D eigenvalue weighted by molar-refractivity contribution is 0.593. The predicted octanol–water partition coefficient (Wildman–Crippen LogP) is 6.57. The van der Waals surface area contributed by atoms with Gasteiger partial charge in [-0.2, -0.15) is 0 Å². The fraction of sp³-hybridized carbons (Fsp3) is 0.273. The van der Waals surface area contributed by atoms with E-state index >= 15 is 0 Å². The summed E-state index contributed by atoms with van der Waals surface area (Å²) in [6.45, 7) is 6.45. The summed E-state index contributed by atoms with van der Waals surface area (Å²) in [6.07, 6.45) is 3.44. The Kier molecular flexibility index (Phi) is 4.66. The van der Waals surface area contributed by atoms with Crippen molar-refractivity contribution < 1.29 is 4.42 Å². The molecule has 1 heteroatoms. The van der Waals surface area contributed by atoms with Crippen molar-refractivity contribution >= 4 is 0 Å². The van der Waals surface area contributed by atoms with Crippen molar-refractivity contribution in [3.63, 3.8) is 0 Å². The summed E-state index contributed by atoms with van der Waals surface area (Å²) >= 11 is 0. The Morgan fingerprint density at radius 2 is 1.35 bits per heavy atom. The molecule has 1 aromatic heterocycles. The van der Waals surface area contributed by atoms with E-state index in [0.29, 0.717) is 0 Å². The Bertz CT molecular complexity index is 761. The van der Waals surface area contributed by atoms with Crippen LogP contribution < -0.4 is 0 Å². The van der Waals surface area contributed by atoms with Crippen LogP contribution >= 0.6 is 0 Å². The van der Waals surface area contributed by atoms with Gasteiger partial charge in [-0.25, -0.2) is 0 Å². The van der Waals surface area contributed by atoms with Gasteiger partial charge in [-0.05, 0) is 38.3 Å². The molecular formula is C22H24O. The van der Waals surface area contributed by atoms with E-state index in [1.807, 2.05) is 0 Å². The average molecular weight is 304 g/mol. The third-order valence-corrected chi connectivity index (χ3v) is 4.26. The Morgan fingerprint density at radius 1 is 0.783 bits per heavy atom. The first-order valence-corrected chi connectivity index (χ1v) is 8.44. The van der Waals surface area contributed by atoms with Crippen LogP contribution in [0.4, 0.5) is 0 Å². The molecule has 0 saturated carbocycles. The number of furan rings is 1. The monoisotopic (exact) mass is 304 g/mol.